The Kier molecular flexibility index (Phi) is 32.9. The summed E-state index contributed by atoms with van der Waals surface area (Å²) >= 11 is 1.45. The summed E-state index contributed by atoms with van der Waals surface area (Å²) in [4.78, 5) is 167. The van der Waals surface area contributed by atoms with E-state index in [0.29, 0.717) is 23.4 Å². The minimum Gasteiger partial charge on any atom is -0.481 e. The van der Waals surface area contributed by atoms with Gasteiger partial charge in [0, 0.05) is 37.7 Å². The van der Waals surface area contributed by atoms with Crippen LogP contribution in [0.3, 0.4) is 0 Å². The van der Waals surface area contributed by atoms with Crippen molar-refractivity contribution in [2.45, 2.75) is 153 Å². The van der Waals surface area contributed by atoms with Gasteiger partial charge in [0.05, 0.1) is 32.0 Å². The Morgan fingerprint density at radius 2 is 1.15 bits per heavy atom. The van der Waals surface area contributed by atoms with Gasteiger partial charge in [-0.15, -0.1) is 0 Å². The van der Waals surface area contributed by atoms with Gasteiger partial charge < -0.3 is 90.7 Å². The third-order valence-corrected chi connectivity index (χ3v) is 13.3. The van der Waals surface area contributed by atoms with Crippen LogP contribution in [0.5, 0.6) is 0 Å². The third-order valence-electron chi connectivity index (χ3n) is 12.7. The number of hydrogen-bond acceptors (Lipinski definition) is 18. The number of thioether (sulfide) groups is 1. The second-order valence-corrected chi connectivity index (χ2v) is 21.6. The Bertz CT molecular complexity index is 2490. The third kappa shape index (κ3) is 26.7. The molecule has 20 N–H and O–H groups in total. The fourth-order valence-electron chi connectivity index (χ4n) is 8.17. The first-order valence-corrected chi connectivity index (χ1v) is 28.8. The van der Waals surface area contributed by atoms with Crippen molar-refractivity contribution in [3.05, 3.63) is 54.1 Å². The molecule has 84 heavy (non-hydrogen) atoms. The Labute approximate surface area is 491 Å². The maximum atomic E-state index is 14.1. The summed E-state index contributed by atoms with van der Waals surface area (Å²) in [5.41, 5.74) is 17.6. The minimum absolute atomic E-state index is 0.0223. The summed E-state index contributed by atoms with van der Waals surface area (Å²) in [7, 11) is 0. The van der Waals surface area contributed by atoms with Crippen molar-refractivity contribution in [1.82, 2.24) is 63.1 Å². The van der Waals surface area contributed by atoms with Crippen LogP contribution in [0.1, 0.15) is 90.8 Å². The first-order chi connectivity index (χ1) is 39.7. The van der Waals surface area contributed by atoms with Crippen LogP contribution in [-0.2, 0) is 70.4 Å². The average molecular weight is 1200 g/mol. The molecule has 0 saturated carbocycles. The number of carbonyl (C=O) groups excluding carboxylic acids is 11. The number of nitrogens with two attached hydrogens (primary N) is 3. The van der Waals surface area contributed by atoms with Crippen LogP contribution in [-0.4, -0.2) is 195 Å². The van der Waals surface area contributed by atoms with Crippen LogP contribution in [0.2, 0.25) is 0 Å². The second-order valence-electron chi connectivity index (χ2n) is 20.6. The van der Waals surface area contributed by atoms with Crippen molar-refractivity contribution >= 4 is 82.7 Å². The molecule has 0 fully saturated rings. The van der Waals surface area contributed by atoms with Gasteiger partial charge in [-0.25, -0.2) is 4.98 Å². The number of amides is 11. The fraction of sp³-hybridized carbons (Fsp3) is 0.604. The largest absolute Gasteiger partial charge is 0.481 e. The van der Waals surface area contributed by atoms with Gasteiger partial charge in [-0.2, -0.15) is 11.8 Å². The lowest BCUT2D eigenvalue weighted by atomic mass is 10.0. The van der Waals surface area contributed by atoms with Gasteiger partial charge in [0.1, 0.15) is 54.4 Å². The lowest BCUT2D eigenvalue weighted by molar-refractivity contribution is -0.142. The second kappa shape index (κ2) is 38.2. The van der Waals surface area contributed by atoms with Gasteiger partial charge in [0.2, 0.25) is 65.0 Å². The topological polar surface area (TPSA) is 493 Å². The number of aliphatic hydroxyl groups is 2. The molecule has 0 saturated heterocycles. The molecular weight excluding hydrogens is 1120 g/mol. The number of rotatable bonds is 40. The zero-order chi connectivity index (χ0) is 63.1. The Balaban J connectivity index is 2.31. The van der Waals surface area contributed by atoms with Crippen LogP contribution < -0.4 is 70.4 Å². The number of unbranched alkanes of at least 4 members (excludes halogenated alkanes) is 1. The van der Waals surface area contributed by atoms with E-state index in [9.17, 15) is 72.9 Å². The van der Waals surface area contributed by atoms with Gasteiger partial charge in [0.25, 0.3) is 0 Å². The number of benzene rings is 1. The number of aromatic nitrogens is 2. The van der Waals surface area contributed by atoms with Crippen molar-refractivity contribution in [2.75, 3.05) is 38.2 Å². The molecule has 0 spiro atoms. The maximum Gasteiger partial charge on any atom is 0.305 e. The summed E-state index contributed by atoms with van der Waals surface area (Å²) in [6.07, 6.45) is 2.40. The summed E-state index contributed by atoms with van der Waals surface area (Å²) in [5.74, 6) is -12.0. The maximum absolute atomic E-state index is 14.1. The first kappa shape index (κ1) is 72.4. The van der Waals surface area contributed by atoms with Crippen molar-refractivity contribution in [3.63, 3.8) is 0 Å². The highest BCUT2D eigenvalue weighted by molar-refractivity contribution is 7.98. The Morgan fingerprint density at radius 1 is 0.607 bits per heavy atom. The number of H-pyrrole nitrogens is 1. The molecule has 2 aromatic rings. The molecule has 0 aliphatic heterocycles. The van der Waals surface area contributed by atoms with Crippen LogP contribution in [0, 0.1) is 11.8 Å². The van der Waals surface area contributed by atoms with Crippen molar-refractivity contribution in [1.29, 1.82) is 0 Å². The average Bonchev–Trinajstić information content (AvgIpc) is 4.10. The molecule has 1 aromatic heterocycles. The van der Waals surface area contributed by atoms with Crippen molar-refractivity contribution < 1.29 is 72.9 Å². The number of hydrogen-bond donors (Lipinski definition) is 17. The molecule has 0 unspecified atom stereocenters. The normalized spacial score (nSPS) is 14.7. The highest BCUT2D eigenvalue weighted by Crippen LogP contribution is 2.12. The number of nitrogens with one attached hydrogen (secondary N) is 11. The van der Waals surface area contributed by atoms with Crippen LogP contribution >= 0.6 is 11.8 Å². The van der Waals surface area contributed by atoms with Gasteiger partial charge >= 0.3 is 5.97 Å². The number of carboxylic acids is 1. The highest BCUT2D eigenvalue weighted by atomic mass is 32.2. The highest BCUT2D eigenvalue weighted by Gasteiger charge is 2.37. The van der Waals surface area contributed by atoms with Gasteiger partial charge in [-0.3, -0.25) is 57.5 Å². The lowest BCUT2D eigenvalue weighted by Gasteiger charge is -2.28. The molecule has 1 aromatic carbocycles. The molecule has 468 valence electrons. The van der Waals surface area contributed by atoms with E-state index in [1.807, 2.05) is 20.1 Å². The molecule has 0 radical (unpaired) electrons. The summed E-state index contributed by atoms with van der Waals surface area (Å²) in [5, 5.41) is 55.3. The molecule has 0 aliphatic rings. The van der Waals surface area contributed by atoms with E-state index in [0.717, 1.165) is 6.92 Å². The van der Waals surface area contributed by atoms with Crippen molar-refractivity contribution in [3.8, 4) is 0 Å². The van der Waals surface area contributed by atoms with Crippen LogP contribution in [0.25, 0.3) is 0 Å². The van der Waals surface area contributed by atoms with Gasteiger partial charge in [-0.1, -0.05) is 58.0 Å². The van der Waals surface area contributed by atoms with E-state index in [1.165, 1.54) is 24.3 Å². The van der Waals surface area contributed by atoms with E-state index in [2.05, 4.69) is 63.1 Å². The lowest BCUT2D eigenvalue weighted by Crippen LogP contribution is -2.62. The van der Waals surface area contributed by atoms with Gasteiger partial charge in [0.15, 0.2) is 0 Å². The van der Waals surface area contributed by atoms with E-state index in [1.54, 1.807) is 44.2 Å². The molecule has 11 amide bonds. The van der Waals surface area contributed by atoms with E-state index in [4.69, 9.17) is 17.2 Å². The Hall–Kier alpha value is -7.74. The number of carboxylic acid groups (broad SMARTS) is 1. The summed E-state index contributed by atoms with van der Waals surface area (Å²) in [6, 6.07) is -5.20. The number of nitrogens with zero attached hydrogens (tertiary/aromatic N) is 1. The molecule has 0 bridgehead atoms. The fourth-order valence-corrected chi connectivity index (χ4v) is 8.64. The smallest absolute Gasteiger partial charge is 0.305 e. The zero-order valence-corrected chi connectivity index (χ0v) is 49.0. The van der Waals surface area contributed by atoms with Crippen molar-refractivity contribution in [2.24, 2.45) is 29.0 Å². The molecule has 2 rings (SSSR count). The number of aliphatic carboxylic acids is 1. The summed E-state index contributed by atoms with van der Waals surface area (Å²) < 4.78 is 0. The minimum atomic E-state index is -2.03. The van der Waals surface area contributed by atoms with Crippen LogP contribution in [0.15, 0.2) is 42.9 Å². The first-order valence-electron chi connectivity index (χ1n) is 27.4. The number of aliphatic hydroxyl groups excluding tert-OH is 2. The van der Waals surface area contributed by atoms with Gasteiger partial charge in [-0.05, 0) is 75.0 Å². The predicted octanol–water partition coefficient (Wildman–Crippen LogP) is -5.06. The molecule has 31 heteroatoms. The number of imidazole rings is 1. The monoisotopic (exact) mass is 1200 g/mol. The standard InChI is InChI=1S/C53H85N15O15S/c1-28(2)20-35(47(77)62-33(45(56)75)16-19-84-6)61-41(72)25-58-52(82)43(29(3)4)67-50(80)36(21-31-12-8-7-9-13-31)64-51(81)39(26-69)66-49(79)38(23-42(73)74)65-53(83)44(30(5)70)68-46(76)34(14-10-11-17-54)63-48(78)37(60-40(71)15-18-55)22-32-24-57-27-59-32/h7-9,12-13,24,27-30,33-39,43-44,69-70H,10-11,14-23,25-26,54-55H2,1-6H3,(H2,56,75)(H,57,59)(H,58,82)(H,60,71)(H,61,72)(H,62,77)(H,63,78)(H,64,81)(H,65,83)(H,66,79)(H,67,80)(H,68,76)(H,73,74)/t30-,33+,34+,35+,36+,37+,38+,39+,43+,44+/m1/s1. The number of carbonyl (C=O) groups is 12. The van der Waals surface area contributed by atoms with E-state index >= 15 is 0 Å². The zero-order valence-electron chi connectivity index (χ0n) is 48.2. The number of aromatic amines is 1. The summed E-state index contributed by atoms with van der Waals surface area (Å²) in [6.45, 7) is 6.30. The molecular formula is C53H85N15O15S. The molecule has 30 nitrogen and oxygen atoms in total. The van der Waals surface area contributed by atoms with E-state index in [-0.39, 0.29) is 64.0 Å². The van der Waals surface area contributed by atoms with Crippen LogP contribution in [0.4, 0.5) is 0 Å². The quantitative estimate of drug-likeness (QED) is 0.0278. The molecule has 0 aliphatic carbocycles. The predicted molar refractivity (Wildman–Crippen MR) is 307 cm³/mol. The SMILES string of the molecule is CSCC[C@H](NC(=O)[C@H](CC(C)C)NC(=O)CNC(=O)[C@@H](NC(=O)[C@H](Cc1ccccc1)NC(=O)[C@H](CO)NC(=O)[C@H](CC(=O)O)NC(=O)[C@@H](NC(=O)[C@H](CCCCN)NC(=O)[C@H](Cc1cnc[nH]1)NC(=O)CCN)[C@@H](C)O)C(C)C)C(N)=O. The Morgan fingerprint density at radius 3 is 1.71 bits per heavy atom. The number of primary amides is 1. The van der Waals surface area contributed by atoms with E-state index < -0.39 is 157 Å². The molecule has 1 heterocycles. The molecule has 10 atom stereocenters.